The Bertz CT molecular complexity index is 766. The minimum atomic E-state index is -0.0986. The molecule has 0 bridgehead atoms. The largest absolute Gasteiger partial charge is 0.497 e. The molecule has 0 unspecified atom stereocenters. The molecule has 6 heteroatoms. The third-order valence-electron chi connectivity index (χ3n) is 4.13. The lowest BCUT2D eigenvalue weighted by Crippen LogP contribution is -2.34. The van der Waals surface area contributed by atoms with E-state index in [0.717, 1.165) is 34.1 Å². The van der Waals surface area contributed by atoms with Crippen LogP contribution in [0.15, 0.2) is 42.5 Å². The van der Waals surface area contributed by atoms with Gasteiger partial charge in [-0.2, -0.15) is 0 Å². The Morgan fingerprint density at radius 1 is 1.20 bits per heavy atom. The van der Waals surface area contributed by atoms with E-state index in [0.29, 0.717) is 6.54 Å². The summed E-state index contributed by atoms with van der Waals surface area (Å²) in [4.78, 5) is 14.6. The SMILES string of the molecule is COc1ccc([C@@H]2SCCN2C(=O)Nc2cccc(C)c2)c(OC)c1. The van der Waals surface area contributed by atoms with Crippen molar-refractivity contribution in [1.29, 1.82) is 0 Å². The van der Waals surface area contributed by atoms with E-state index in [9.17, 15) is 4.79 Å². The fourth-order valence-electron chi connectivity index (χ4n) is 2.88. The molecule has 0 spiro atoms. The predicted molar refractivity (Wildman–Crippen MR) is 102 cm³/mol. The molecule has 3 rings (SSSR count). The molecular weight excluding hydrogens is 336 g/mol. The molecule has 25 heavy (non-hydrogen) atoms. The van der Waals surface area contributed by atoms with Gasteiger partial charge in [-0.1, -0.05) is 12.1 Å². The van der Waals surface area contributed by atoms with Crippen LogP contribution in [-0.2, 0) is 0 Å². The molecule has 5 nitrogen and oxygen atoms in total. The van der Waals surface area contributed by atoms with Gasteiger partial charge in [0.2, 0.25) is 0 Å². The van der Waals surface area contributed by atoms with Crippen molar-refractivity contribution in [3.63, 3.8) is 0 Å². The minimum Gasteiger partial charge on any atom is -0.497 e. The zero-order chi connectivity index (χ0) is 17.8. The van der Waals surface area contributed by atoms with Gasteiger partial charge in [0.05, 0.1) is 14.2 Å². The summed E-state index contributed by atoms with van der Waals surface area (Å²) in [6, 6.07) is 13.4. The number of carbonyl (C=O) groups excluding carboxylic acids is 1. The summed E-state index contributed by atoms with van der Waals surface area (Å²) in [6.45, 7) is 2.70. The molecule has 2 amide bonds. The molecule has 0 radical (unpaired) electrons. The van der Waals surface area contributed by atoms with Crippen LogP contribution in [-0.4, -0.2) is 37.4 Å². The first-order chi connectivity index (χ1) is 12.1. The number of nitrogens with one attached hydrogen (secondary N) is 1. The van der Waals surface area contributed by atoms with Crippen LogP contribution in [0.4, 0.5) is 10.5 Å². The summed E-state index contributed by atoms with van der Waals surface area (Å²) in [5.74, 6) is 2.35. The molecule has 0 aliphatic carbocycles. The lowest BCUT2D eigenvalue weighted by molar-refractivity contribution is 0.213. The average molecular weight is 358 g/mol. The second-order valence-corrected chi connectivity index (χ2v) is 7.01. The van der Waals surface area contributed by atoms with Gasteiger partial charge in [0.15, 0.2) is 0 Å². The zero-order valence-corrected chi connectivity index (χ0v) is 15.4. The Morgan fingerprint density at radius 2 is 2.04 bits per heavy atom. The Labute approximate surface area is 152 Å². The highest BCUT2D eigenvalue weighted by Gasteiger charge is 2.32. The fourth-order valence-corrected chi connectivity index (χ4v) is 4.16. The van der Waals surface area contributed by atoms with Crippen molar-refractivity contribution in [3.8, 4) is 11.5 Å². The van der Waals surface area contributed by atoms with Crippen LogP contribution in [0, 0.1) is 6.92 Å². The number of hydrogen-bond donors (Lipinski definition) is 1. The molecule has 1 heterocycles. The van der Waals surface area contributed by atoms with Gasteiger partial charge in [0, 0.05) is 29.6 Å². The lowest BCUT2D eigenvalue weighted by atomic mass is 10.1. The summed E-state index contributed by atoms with van der Waals surface area (Å²) in [7, 11) is 3.26. The Hall–Kier alpha value is -2.34. The number of amides is 2. The van der Waals surface area contributed by atoms with Crippen LogP contribution in [0.25, 0.3) is 0 Å². The fraction of sp³-hybridized carbons (Fsp3) is 0.316. The van der Waals surface area contributed by atoms with Crippen LogP contribution in [0.5, 0.6) is 11.5 Å². The van der Waals surface area contributed by atoms with Crippen molar-refractivity contribution < 1.29 is 14.3 Å². The number of methoxy groups -OCH3 is 2. The number of anilines is 1. The smallest absolute Gasteiger partial charge is 0.323 e. The van der Waals surface area contributed by atoms with Crippen molar-refractivity contribution in [2.45, 2.75) is 12.3 Å². The quantitative estimate of drug-likeness (QED) is 0.886. The number of aryl methyl sites for hydroxylation is 1. The number of nitrogens with zero attached hydrogens (tertiary/aromatic N) is 1. The van der Waals surface area contributed by atoms with Gasteiger partial charge < -0.3 is 19.7 Å². The van der Waals surface area contributed by atoms with Crippen LogP contribution < -0.4 is 14.8 Å². The van der Waals surface area contributed by atoms with Crippen LogP contribution in [0.1, 0.15) is 16.5 Å². The van der Waals surface area contributed by atoms with Gasteiger partial charge in [0.1, 0.15) is 16.9 Å². The topological polar surface area (TPSA) is 50.8 Å². The maximum absolute atomic E-state index is 12.8. The van der Waals surface area contributed by atoms with E-state index in [1.807, 2.05) is 54.3 Å². The van der Waals surface area contributed by atoms with Gasteiger partial charge in [-0.25, -0.2) is 4.79 Å². The molecule has 0 aromatic heterocycles. The maximum Gasteiger partial charge on any atom is 0.323 e. The molecule has 1 fully saturated rings. The van der Waals surface area contributed by atoms with E-state index < -0.39 is 0 Å². The Morgan fingerprint density at radius 3 is 2.76 bits per heavy atom. The summed E-state index contributed by atoms with van der Waals surface area (Å²) in [5, 5.41) is 2.91. The lowest BCUT2D eigenvalue weighted by Gasteiger charge is -2.26. The molecule has 1 saturated heterocycles. The first-order valence-corrected chi connectivity index (χ1v) is 9.15. The molecule has 2 aromatic rings. The van der Waals surface area contributed by atoms with Crippen LogP contribution in [0.2, 0.25) is 0 Å². The third-order valence-corrected chi connectivity index (χ3v) is 5.37. The summed E-state index contributed by atoms with van der Waals surface area (Å²) in [5.41, 5.74) is 2.90. The molecule has 2 aromatic carbocycles. The van der Waals surface area contributed by atoms with Crippen LogP contribution in [0.3, 0.4) is 0 Å². The molecule has 132 valence electrons. The number of carbonyl (C=O) groups is 1. The average Bonchev–Trinajstić information content (AvgIpc) is 3.10. The van der Waals surface area contributed by atoms with Gasteiger partial charge in [-0.3, -0.25) is 0 Å². The van der Waals surface area contributed by atoms with Crippen molar-refractivity contribution in [2.75, 3.05) is 31.8 Å². The van der Waals surface area contributed by atoms with E-state index in [1.54, 1.807) is 26.0 Å². The normalized spacial score (nSPS) is 16.6. The van der Waals surface area contributed by atoms with E-state index in [1.165, 1.54) is 0 Å². The molecule has 1 aliphatic rings. The van der Waals surface area contributed by atoms with Crippen molar-refractivity contribution in [2.24, 2.45) is 0 Å². The number of ether oxygens (including phenoxy) is 2. The predicted octanol–water partition coefficient (Wildman–Crippen LogP) is 4.29. The molecule has 0 saturated carbocycles. The van der Waals surface area contributed by atoms with E-state index in [2.05, 4.69) is 5.32 Å². The molecular formula is C19H22N2O3S. The third kappa shape index (κ3) is 3.85. The second-order valence-electron chi connectivity index (χ2n) is 5.82. The van der Waals surface area contributed by atoms with E-state index in [-0.39, 0.29) is 11.4 Å². The van der Waals surface area contributed by atoms with Crippen molar-refractivity contribution >= 4 is 23.5 Å². The molecule has 1 aliphatic heterocycles. The highest BCUT2D eigenvalue weighted by Crippen LogP contribution is 2.43. The first-order valence-electron chi connectivity index (χ1n) is 8.10. The van der Waals surface area contributed by atoms with Crippen LogP contribution >= 0.6 is 11.8 Å². The molecule has 1 N–H and O–H groups in total. The molecule has 1 atom stereocenters. The van der Waals surface area contributed by atoms with E-state index in [4.69, 9.17) is 9.47 Å². The Balaban J connectivity index is 1.81. The first kappa shape index (κ1) is 17.5. The summed E-state index contributed by atoms with van der Waals surface area (Å²) >= 11 is 1.73. The van der Waals surface area contributed by atoms with Gasteiger partial charge in [-0.15, -0.1) is 11.8 Å². The van der Waals surface area contributed by atoms with Gasteiger partial charge in [0.25, 0.3) is 0 Å². The summed E-state index contributed by atoms with van der Waals surface area (Å²) < 4.78 is 10.8. The minimum absolute atomic E-state index is 0.0781. The zero-order valence-electron chi connectivity index (χ0n) is 14.6. The number of benzene rings is 2. The van der Waals surface area contributed by atoms with Gasteiger partial charge in [-0.05, 0) is 36.8 Å². The highest BCUT2D eigenvalue weighted by molar-refractivity contribution is 7.99. The van der Waals surface area contributed by atoms with Crippen molar-refractivity contribution in [1.82, 2.24) is 4.90 Å². The number of urea groups is 1. The number of rotatable bonds is 4. The number of hydrogen-bond acceptors (Lipinski definition) is 4. The maximum atomic E-state index is 12.8. The highest BCUT2D eigenvalue weighted by atomic mass is 32.2. The summed E-state index contributed by atoms with van der Waals surface area (Å²) in [6.07, 6.45) is 0. The number of thioether (sulfide) groups is 1. The monoisotopic (exact) mass is 358 g/mol. The second kappa shape index (κ2) is 7.70. The van der Waals surface area contributed by atoms with Crippen molar-refractivity contribution in [3.05, 3.63) is 53.6 Å². The van der Waals surface area contributed by atoms with Gasteiger partial charge >= 0.3 is 6.03 Å². The standard InChI is InChI=1S/C19H22N2O3S/c1-13-5-4-6-14(11-13)20-19(22)21-9-10-25-18(21)16-8-7-15(23-2)12-17(16)24-3/h4-8,11-12,18H,9-10H2,1-3H3,(H,20,22)/t18-/m0/s1. The Kier molecular flexibility index (Phi) is 5.38. The van der Waals surface area contributed by atoms with E-state index >= 15 is 0 Å².